The van der Waals surface area contributed by atoms with E-state index in [9.17, 15) is 13.2 Å². The fourth-order valence-corrected chi connectivity index (χ4v) is 6.36. The molecule has 0 atom stereocenters. The van der Waals surface area contributed by atoms with Gasteiger partial charge in [0.1, 0.15) is 0 Å². The average molecular weight is 432 g/mol. The quantitative estimate of drug-likeness (QED) is 0.665. The Morgan fingerprint density at radius 3 is 2.33 bits per heavy atom. The molecule has 1 aliphatic heterocycles. The van der Waals surface area contributed by atoms with E-state index >= 15 is 0 Å². The summed E-state index contributed by atoms with van der Waals surface area (Å²) in [4.78, 5) is 17.5. The van der Waals surface area contributed by atoms with Crippen LogP contribution in [0.3, 0.4) is 0 Å². The van der Waals surface area contributed by atoms with Crippen LogP contribution >= 0.6 is 0 Å². The minimum atomic E-state index is -3.49. The van der Waals surface area contributed by atoms with Crippen molar-refractivity contribution >= 4 is 15.9 Å². The third-order valence-electron chi connectivity index (χ3n) is 7.14. The van der Waals surface area contributed by atoms with Crippen LogP contribution in [0.15, 0.2) is 23.1 Å². The first-order valence-electron chi connectivity index (χ1n) is 11.6. The van der Waals surface area contributed by atoms with Gasteiger partial charge in [0.25, 0.3) is 0 Å². The number of rotatable bonds is 7. The lowest BCUT2D eigenvalue weighted by Crippen LogP contribution is -2.52. The van der Waals surface area contributed by atoms with Gasteiger partial charge in [-0.3, -0.25) is 9.69 Å². The van der Waals surface area contributed by atoms with E-state index in [1.807, 2.05) is 17.0 Å². The number of benzene rings is 1. The zero-order valence-corrected chi connectivity index (χ0v) is 18.6. The lowest BCUT2D eigenvalue weighted by Gasteiger charge is -2.35. The summed E-state index contributed by atoms with van der Waals surface area (Å²) in [6.07, 6.45) is 9.38. The van der Waals surface area contributed by atoms with E-state index < -0.39 is 10.0 Å². The highest BCUT2D eigenvalue weighted by molar-refractivity contribution is 7.89. The summed E-state index contributed by atoms with van der Waals surface area (Å²) in [7, 11) is -3.49. The third-order valence-corrected chi connectivity index (χ3v) is 9.03. The van der Waals surface area contributed by atoms with E-state index in [-0.39, 0.29) is 5.91 Å². The predicted molar refractivity (Wildman–Crippen MR) is 116 cm³/mol. The SMILES string of the molecule is O=C(CN(CC1CC1)C1CC1)N1CCN(S(=O)(=O)c2ccc3c(c2)CCCC3)CC1. The van der Waals surface area contributed by atoms with Crippen LogP contribution < -0.4 is 0 Å². The van der Waals surface area contributed by atoms with Crippen LogP contribution in [0.4, 0.5) is 0 Å². The maximum atomic E-state index is 13.2. The number of fused-ring (bicyclic) bond motifs is 1. The zero-order chi connectivity index (χ0) is 20.7. The molecule has 30 heavy (non-hydrogen) atoms. The van der Waals surface area contributed by atoms with E-state index in [1.54, 1.807) is 10.4 Å². The summed E-state index contributed by atoms with van der Waals surface area (Å²) in [5.74, 6) is 0.949. The molecule has 1 heterocycles. The number of amides is 1. The molecule has 3 aliphatic carbocycles. The summed E-state index contributed by atoms with van der Waals surface area (Å²) in [6.45, 7) is 3.31. The van der Waals surface area contributed by atoms with Crippen molar-refractivity contribution < 1.29 is 13.2 Å². The standard InChI is InChI=1S/C23H33N3O3S/c27-23(17-25(21-8-9-21)16-18-5-6-18)24-11-13-26(14-12-24)30(28,29)22-10-7-19-3-1-2-4-20(19)15-22/h7,10,15,18,21H,1-6,8-9,11-14,16-17H2. The lowest BCUT2D eigenvalue weighted by atomic mass is 9.92. The van der Waals surface area contributed by atoms with Crippen molar-refractivity contribution in [2.45, 2.75) is 62.3 Å². The van der Waals surface area contributed by atoms with Crippen LogP contribution in [0.25, 0.3) is 0 Å². The van der Waals surface area contributed by atoms with Crippen LogP contribution in [-0.4, -0.2) is 73.7 Å². The molecule has 0 bridgehead atoms. The van der Waals surface area contributed by atoms with Crippen LogP contribution in [0.1, 0.15) is 49.7 Å². The Kier molecular flexibility index (Phi) is 5.62. The lowest BCUT2D eigenvalue weighted by molar-refractivity contribution is -0.133. The van der Waals surface area contributed by atoms with Crippen LogP contribution in [-0.2, 0) is 27.7 Å². The number of hydrogen-bond donors (Lipinski definition) is 0. The second-order valence-corrected chi connectivity index (χ2v) is 11.5. The molecule has 0 spiro atoms. The fraction of sp³-hybridized carbons (Fsp3) is 0.696. The van der Waals surface area contributed by atoms with Crippen molar-refractivity contribution in [3.63, 3.8) is 0 Å². The molecular formula is C23H33N3O3S. The van der Waals surface area contributed by atoms with Gasteiger partial charge in [0, 0.05) is 38.8 Å². The summed E-state index contributed by atoms with van der Waals surface area (Å²) in [5.41, 5.74) is 2.48. The van der Waals surface area contributed by atoms with E-state index in [0.29, 0.717) is 43.7 Å². The molecule has 0 unspecified atom stereocenters. The highest BCUT2D eigenvalue weighted by Gasteiger charge is 2.36. The molecule has 7 heteroatoms. The Hall–Kier alpha value is -1.44. The normalized spacial score (nSPS) is 22.9. The first-order chi connectivity index (χ1) is 14.5. The minimum absolute atomic E-state index is 0.161. The second kappa shape index (κ2) is 8.24. The van der Waals surface area contributed by atoms with Crippen molar-refractivity contribution in [3.05, 3.63) is 29.3 Å². The van der Waals surface area contributed by atoms with Gasteiger partial charge in [-0.05, 0) is 80.5 Å². The highest BCUT2D eigenvalue weighted by atomic mass is 32.2. The number of piperazine rings is 1. The van der Waals surface area contributed by atoms with E-state index in [1.165, 1.54) is 43.2 Å². The van der Waals surface area contributed by atoms with Crippen molar-refractivity contribution in [2.75, 3.05) is 39.3 Å². The van der Waals surface area contributed by atoms with E-state index in [2.05, 4.69) is 4.90 Å². The number of sulfonamides is 1. The van der Waals surface area contributed by atoms with Gasteiger partial charge in [-0.15, -0.1) is 0 Å². The summed E-state index contributed by atoms with van der Waals surface area (Å²) in [5, 5.41) is 0. The third kappa shape index (κ3) is 4.43. The fourth-order valence-electron chi connectivity index (χ4n) is 4.89. The van der Waals surface area contributed by atoms with Crippen molar-refractivity contribution in [1.82, 2.24) is 14.1 Å². The monoisotopic (exact) mass is 431 g/mol. The van der Waals surface area contributed by atoms with Gasteiger partial charge in [-0.1, -0.05) is 6.07 Å². The Morgan fingerprint density at radius 1 is 0.967 bits per heavy atom. The van der Waals surface area contributed by atoms with Gasteiger partial charge in [-0.2, -0.15) is 4.31 Å². The molecule has 2 saturated carbocycles. The molecule has 3 fully saturated rings. The molecule has 164 valence electrons. The minimum Gasteiger partial charge on any atom is -0.339 e. The first-order valence-corrected chi connectivity index (χ1v) is 13.1. The largest absolute Gasteiger partial charge is 0.339 e. The maximum Gasteiger partial charge on any atom is 0.243 e. The van der Waals surface area contributed by atoms with Crippen LogP contribution in [0, 0.1) is 5.92 Å². The number of aryl methyl sites for hydroxylation is 2. The van der Waals surface area contributed by atoms with Crippen molar-refractivity contribution in [3.8, 4) is 0 Å². The molecular weight excluding hydrogens is 398 g/mol. The van der Waals surface area contributed by atoms with Gasteiger partial charge in [0.15, 0.2) is 0 Å². The molecule has 0 aromatic heterocycles. The Bertz CT molecular complexity index is 900. The van der Waals surface area contributed by atoms with Gasteiger partial charge in [0.05, 0.1) is 11.4 Å². The molecule has 1 aromatic carbocycles. The zero-order valence-electron chi connectivity index (χ0n) is 17.8. The molecule has 4 aliphatic rings. The molecule has 1 aromatic rings. The van der Waals surface area contributed by atoms with Gasteiger partial charge >= 0.3 is 0 Å². The molecule has 0 radical (unpaired) electrons. The number of carbonyl (C=O) groups excluding carboxylic acids is 1. The molecule has 6 nitrogen and oxygen atoms in total. The van der Waals surface area contributed by atoms with Crippen molar-refractivity contribution in [2.24, 2.45) is 5.92 Å². The number of nitrogens with zero attached hydrogens (tertiary/aromatic N) is 3. The van der Waals surface area contributed by atoms with Gasteiger partial charge in [-0.25, -0.2) is 8.42 Å². The van der Waals surface area contributed by atoms with Crippen LogP contribution in [0.2, 0.25) is 0 Å². The topological polar surface area (TPSA) is 60.9 Å². The Balaban J connectivity index is 1.19. The summed E-state index contributed by atoms with van der Waals surface area (Å²) >= 11 is 0. The van der Waals surface area contributed by atoms with Crippen LogP contribution in [0.5, 0.6) is 0 Å². The predicted octanol–water partition coefficient (Wildman–Crippen LogP) is 2.27. The average Bonchev–Trinajstić information content (AvgIpc) is 3.67. The molecule has 5 rings (SSSR count). The van der Waals surface area contributed by atoms with Crippen molar-refractivity contribution in [1.29, 1.82) is 0 Å². The highest BCUT2D eigenvalue weighted by Crippen LogP contribution is 2.34. The van der Waals surface area contributed by atoms with Gasteiger partial charge < -0.3 is 4.90 Å². The smallest absolute Gasteiger partial charge is 0.243 e. The summed E-state index contributed by atoms with van der Waals surface area (Å²) in [6, 6.07) is 6.24. The molecule has 1 saturated heterocycles. The van der Waals surface area contributed by atoms with E-state index in [0.717, 1.165) is 31.7 Å². The second-order valence-electron chi connectivity index (χ2n) is 9.53. The Labute approximate surface area is 180 Å². The van der Waals surface area contributed by atoms with Gasteiger partial charge in [0.2, 0.25) is 15.9 Å². The Morgan fingerprint density at radius 2 is 1.67 bits per heavy atom. The first kappa shape index (κ1) is 20.5. The summed E-state index contributed by atoms with van der Waals surface area (Å²) < 4.78 is 27.9. The molecule has 1 amide bonds. The number of hydrogen-bond acceptors (Lipinski definition) is 4. The number of carbonyl (C=O) groups is 1. The molecule has 0 N–H and O–H groups in total. The maximum absolute atomic E-state index is 13.2. The van der Waals surface area contributed by atoms with E-state index in [4.69, 9.17) is 0 Å².